The largest absolute Gasteiger partial charge is 0.464 e. The molecule has 1 aliphatic rings. The summed E-state index contributed by atoms with van der Waals surface area (Å²) < 4.78 is 4.79. The van der Waals surface area contributed by atoms with Gasteiger partial charge in [0.1, 0.15) is 11.9 Å². The Morgan fingerprint density at radius 1 is 1.30 bits per heavy atom. The molecule has 0 saturated carbocycles. The molecule has 0 aromatic carbocycles. The number of esters is 1. The van der Waals surface area contributed by atoms with E-state index in [9.17, 15) is 4.79 Å². The van der Waals surface area contributed by atoms with Crippen LogP contribution in [0.5, 0.6) is 0 Å². The summed E-state index contributed by atoms with van der Waals surface area (Å²) in [6.07, 6.45) is 4.93. The van der Waals surface area contributed by atoms with Crippen molar-refractivity contribution in [1.82, 2.24) is 25.5 Å². The second-order valence-electron chi connectivity index (χ2n) is 6.08. The standard InChI is InChI=1S/C17H20N8O2/c1-27-17(26)16-13(21-8-11-2-4-19-5-3-11)6-14(24-25-16)23-15-10-20-12(7-18)9-22-15/h6,9-11,19H,2-5,8H2,1H3,(H2,21,22,23,24). The zero-order valence-corrected chi connectivity index (χ0v) is 14.9. The van der Waals surface area contributed by atoms with Crippen molar-refractivity contribution in [3.05, 3.63) is 29.8 Å². The first kappa shape index (κ1) is 18.5. The third kappa shape index (κ3) is 4.86. The SMILES string of the molecule is COC(=O)c1nnc(Nc2cnc(C#N)cn2)cc1NCC1CCNCC1. The van der Waals surface area contributed by atoms with E-state index in [1.165, 1.54) is 19.5 Å². The molecule has 1 saturated heterocycles. The van der Waals surface area contributed by atoms with Gasteiger partial charge in [0.25, 0.3) is 0 Å². The number of carbonyl (C=O) groups is 1. The summed E-state index contributed by atoms with van der Waals surface area (Å²) in [5, 5.41) is 26.3. The number of carbonyl (C=O) groups excluding carboxylic acids is 1. The van der Waals surface area contributed by atoms with Crippen LogP contribution in [0.2, 0.25) is 0 Å². The van der Waals surface area contributed by atoms with E-state index in [0.29, 0.717) is 23.2 Å². The Morgan fingerprint density at radius 3 is 2.78 bits per heavy atom. The summed E-state index contributed by atoms with van der Waals surface area (Å²) in [5.74, 6) is 0.777. The molecule has 27 heavy (non-hydrogen) atoms. The predicted molar refractivity (Wildman–Crippen MR) is 97.5 cm³/mol. The van der Waals surface area contributed by atoms with Crippen LogP contribution in [0.1, 0.15) is 29.0 Å². The van der Waals surface area contributed by atoms with Gasteiger partial charge in [-0.3, -0.25) is 0 Å². The number of aromatic nitrogens is 4. The maximum absolute atomic E-state index is 12.0. The topological polar surface area (TPSA) is 138 Å². The van der Waals surface area contributed by atoms with E-state index < -0.39 is 5.97 Å². The number of piperidine rings is 1. The Hall–Kier alpha value is -3.32. The molecule has 0 amide bonds. The number of nitrogens with one attached hydrogen (secondary N) is 3. The third-order valence-electron chi connectivity index (χ3n) is 4.24. The maximum atomic E-state index is 12.0. The highest BCUT2D eigenvalue weighted by atomic mass is 16.5. The van der Waals surface area contributed by atoms with Crippen LogP contribution in [-0.4, -0.2) is 52.9 Å². The molecule has 0 spiro atoms. The number of hydrogen-bond donors (Lipinski definition) is 3. The molecule has 3 N–H and O–H groups in total. The van der Waals surface area contributed by atoms with Gasteiger partial charge in [-0.2, -0.15) is 5.26 Å². The number of nitriles is 1. The smallest absolute Gasteiger partial charge is 0.360 e. The molecule has 3 rings (SSSR count). The van der Waals surface area contributed by atoms with Crippen molar-refractivity contribution in [2.75, 3.05) is 37.4 Å². The van der Waals surface area contributed by atoms with Crippen molar-refractivity contribution in [3.63, 3.8) is 0 Å². The van der Waals surface area contributed by atoms with Crippen molar-refractivity contribution in [3.8, 4) is 6.07 Å². The van der Waals surface area contributed by atoms with Crippen molar-refractivity contribution in [2.45, 2.75) is 12.8 Å². The minimum atomic E-state index is -0.556. The van der Waals surface area contributed by atoms with E-state index in [0.717, 1.165) is 32.5 Å². The van der Waals surface area contributed by atoms with Gasteiger partial charge in [-0.1, -0.05) is 0 Å². The molecule has 3 heterocycles. The molecule has 10 nitrogen and oxygen atoms in total. The van der Waals surface area contributed by atoms with Gasteiger partial charge in [0.2, 0.25) is 0 Å². The molecular formula is C17H20N8O2. The van der Waals surface area contributed by atoms with Crippen LogP contribution in [0.4, 0.5) is 17.3 Å². The molecular weight excluding hydrogens is 348 g/mol. The minimum Gasteiger partial charge on any atom is -0.464 e. The lowest BCUT2D eigenvalue weighted by molar-refractivity contribution is 0.0594. The quantitative estimate of drug-likeness (QED) is 0.635. The lowest BCUT2D eigenvalue weighted by Gasteiger charge is -2.23. The fourth-order valence-corrected chi connectivity index (χ4v) is 2.76. The number of ether oxygens (including phenoxy) is 1. The van der Waals surface area contributed by atoms with Gasteiger partial charge in [-0.25, -0.2) is 14.8 Å². The van der Waals surface area contributed by atoms with Gasteiger partial charge >= 0.3 is 5.97 Å². The summed E-state index contributed by atoms with van der Waals surface area (Å²) in [6.45, 7) is 2.72. The lowest BCUT2D eigenvalue weighted by atomic mass is 9.98. The van der Waals surface area contributed by atoms with Crippen LogP contribution in [0.15, 0.2) is 18.5 Å². The normalized spacial score (nSPS) is 14.2. The number of nitrogens with zero attached hydrogens (tertiary/aromatic N) is 5. The second-order valence-corrected chi connectivity index (χ2v) is 6.08. The lowest BCUT2D eigenvalue weighted by Crippen LogP contribution is -2.31. The van der Waals surface area contributed by atoms with Crippen LogP contribution < -0.4 is 16.0 Å². The zero-order valence-electron chi connectivity index (χ0n) is 14.9. The first-order valence-corrected chi connectivity index (χ1v) is 8.59. The van der Waals surface area contributed by atoms with Crippen LogP contribution in [-0.2, 0) is 4.74 Å². The molecule has 0 aliphatic carbocycles. The van der Waals surface area contributed by atoms with Gasteiger partial charge in [-0.05, 0) is 31.8 Å². The Balaban J connectivity index is 1.76. The molecule has 140 valence electrons. The van der Waals surface area contributed by atoms with E-state index in [4.69, 9.17) is 10.00 Å². The van der Waals surface area contributed by atoms with Crippen molar-refractivity contribution in [1.29, 1.82) is 5.26 Å². The van der Waals surface area contributed by atoms with E-state index in [1.807, 2.05) is 6.07 Å². The van der Waals surface area contributed by atoms with Crippen LogP contribution >= 0.6 is 0 Å². The number of methoxy groups -OCH3 is 1. The monoisotopic (exact) mass is 368 g/mol. The first-order valence-electron chi connectivity index (χ1n) is 8.59. The van der Waals surface area contributed by atoms with Gasteiger partial charge in [-0.15, -0.1) is 10.2 Å². The minimum absolute atomic E-state index is 0.128. The zero-order chi connectivity index (χ0) is 19.1. The summed E-state index contributed by atoms with van der Waals surface area (Å²) >= 11 is 0. The highest BCUT2D eigenvalue weighted by molar-refractivity contribution is 5.93. The van der Waals surface area contributed by atoms with E-state index >= 15 is 0 Å². The molecule has 2 aromatic heterocycles. The van der Waals surface area contributed by atoms with Crippen molar-refractivity contribution in [2.24, 2.45) is 5.92 Å². The number of rotatable bonds is 6. The van der Waals surface area contributed by atoms with E-state index in [2.05, 4.69) is 36.1 Å². The second kappa shape index (κ2) is 8.86. The van der Waals surface area contributed by atoms with Crippen LogP contribution in [0.25, 0.3) is 0 Å². The first-order chi connectivity index (χ1) is 13.2. The Bertz CT molecular complexity index is 828. The molecule has 1 fully saturated rings. The van der Waals surface area contributed by atoms with Gasteiger partial charge < -0.3 is 20.7 Å². The highest BCUT2D eigenvalue weighted by Crippen LogP contribution is 2.21. The molecule has 2 aromatic rings. The maximum Gasteiger partial charge on any atom is 0.360 e. The average Bonchev–Trinajstić information content (AvgIpc) is 2.73. The summed E-state index contributed by atoms with van der Waals surface area (Å²) in [6, 6.07) is 3.59. The van der Waals surface area contributed by atoms with E-state index in [-0.39, 0.29) is 11.4 Å². The molecule has 0 atom stereocenters. The number of hydrogen-bond acceptors (Lipinski definition) is 10. The summed E-state index contributed by atoms with van der Waals surface area (Å²) in [5.41, 5.74) is 0.888. The molecule has 0 radical (unpaired) electrons. The molecule has 10 heteroatoms. The van der Waals surface area contributed by atoms with Crippen LogP contribution in [0.3, 0.4) is 0 Å². The predicted octanol–water partition coefficient (Wildman–Crippen LogP) is 1.08. The van der Waals surface area contributed by atoms with Gasteiger partial charge in [0, 0.05) is 12.6 Å². The highest BCUT2D eigenvalue weighted by Gasteiger charge is 2.18. The fraction of sp³-hybridized carbons (Fsp3) is 0.412. The Kier molecular flexibility index (Phi) is 6.06. The molecule has 0 unspecified atom stereocenters. The van der Waals surface area contributed by atoms with Crippen molar-refractivity contribution >= 4 is 23.3 Å². The van der Waals surface area contributed by atoms with E-state index in [1.54, 1.807) is 6.07 Å². The summed E-state index contributed by atoms with van der Waals surface area (Å²) in [4.78, 5) is 20.0. The molecule has 0 bridgehead atoms. The Labute approximate surface area is 156 Å². The third-order valence-corrected chi connectivity index (χ3v) is 4.24. The van der Waals surface area contributed by atoms with Crippen molar-refractivity contribution < 1.29 is 9.53 Å². The summed E-state index contributed by atoms with van der Waals surface area (Å²) in [7, 11) is 1.30. The number of anilines is 3. The fourth-order valence-electron chi connectivity index (χ4n) is 2.76. The Morgan fingerprint density at radius 2 is 2.11 bits per heavy atom. The average molecular weight is 368 g/mol. The van der Waals surface area contributed by atoms with Gasteiger partial charge in [0.15, 0.2) is 17.2 Å². The molecule has 1 aliphatic heterocycles. The van der Waals surface area contributed by atoms with Gasteiger partial charge in [0.05, 0.1) is 25.2 Å². The van der Waals surface area contributed by atoms with Crippen LogP contribution in [0, 0.1) is 17.2 Å².